The number of aromatic nitrogens is 1. The van der Waals surface area contributed by atoms with Crippen LogP contribution in [0.3, 0.4) is 0 Å². The average molecular weight is 424 g/mol. The van der Waals surface area contributed by atoms with E-state index in [1.54, 1.807) is 0 Å². The molecule has 1 fully saturated rings. The van der Waals surface area contributed by atoms with Gasteiger partial charge in [0.05, 0.1) is 0 Å². The van der Waals surface area contributed by atoms with E-state index in [1.807, 2.05) is 47.0 Å². The number of carbonyl (C=O) groups excluding carboxylic acids is 1. The first-order chi connectivity index (χ1) is 14.5. The van der Waals surface area contributed by atoms with E-state index in [0.29, 0.717) is 18.3 Å². The maximum absolute atomic E-state index is 12.8. The van der Waals surface area contributed by atoms with Gasteiger partial charge in [0.2, 0.25) is 0 Å². The topological polar surface area (TPSA) is 58.4 Å². The summed E-state index contributed by atoms with van der Waals surface area (Å²) in [5.41, 5.74) is 3.71. The highest BCUT2D eigenvalue weighted by Crippen LogP contribution is 2.31. The van der Waals surface area contributed by atoms with Crippen LogP contribution < -0.4 is 5.32 Å². The molecular weight excluding hydrogens is 394 g/mol. The number of carbonyl (C=O) groups is 1. The minimum absolute atomic E-state index is 0.0311. The molecule has 1 N–H and O–H groups in total. The molecule has 1 saturated heterocycles. The highest BCUT2D eigenvalue weighted by atomic mass is 32.2. The molecule has 1 aliphatic heterocycles. The largest absolute Gasteiger partial charge is 0.440 e. The molecule has 1 aliphatic rings. The molecule has 5 nitrogen and oxygen atoms in total. The molecule has 2 heterocycles. The minimum Gasteiger partial charge on any atom is -0.440 e. The molecular formula is C24H29N3O2S. The fourth-order valence-electron chi connectivity index (χ4n) is 3.75. The fraction of sp³-hybridized carbons (Fsp3) is 0.417. The number of oxazole rings is 1. The van der Waals surface area contributed by atoms with E-state index in [9.17, 15) is 4.79 Å². The van der Waals surface area contributed by atoms with Crippen molar-refractivity contribution in [2.24, 2.45) is 0 Å². The van der Waals surface area contributed by atoms with Crippen LogP contribution in [0.4, 0.5) is 10.5 Å². The van der Waals surface area contributed by atoms with Crippen LogP contribution in [-0.2, 0) is 0 Å². The van der Waals surface area contributed by atoms with Crippen molar-refractivity contribution in [3.63, 3.8) is 0 Å². The van der Waals surface area contributed by atoms with Crippen molar-refractivity contribution in [1.82, 2.24) is 9.88 Å². The number of aryl methyl sites for hydroxylation is 1. The monoisotopic (exact) mass is 423 g/mol. The maximum Gasteiger partial charge on any atom is 0.321 e. The van der Waals surface area contributed by atoms with Gasteiger partial charge in [-0.15, -0.1) is 11.8 Å². The second-order valence-corrected chi connectivity index (χ2v) is 9.54. The SMILES string of the molecule is CCC(C)Sc1ccc(NC(=O)N2CCC(c3nc4ccccc4o3)CC2)c(C)c1. The van der Waals surface area contributed by atoms with E-state index in [0.717, 1.165) is 47.5 Å². The summed E-state index contributed by atoms with van der Waals surface area (Å²) >= 11 is 1.87. The van der Waals surface area contributed by atoms with E-state index in [4.69, 9.17) is 4.42 Å². The normalized spacial score (nSPS) is 16.0. The van der Waals surface area contributed by atoms with Crippen LogP contribution in [0, 0.1) is 6.92 Å². The van der Waals surface area contributed by atoms with Gasteiger partial charge in [0.1, 0.15) is 5.52 Å². The molecule has 158 valence electrons. The standard InChI is InChI=1S/C24H29N3O2S/c1-4-17(3)30-19-9-10-20(16(2)15-19)26-24(28)27-13-11-18(12-14-27)23-25-21-7-5-6-8-22(21)29-23/h5-10,15,17-18H,4,11-14H2,1-3H3,(H,26,28). The zero-order chi connectivity index (χ0) is 21.1. The van der Waals surface area contributed by atoms with E-state index < -0.39 is 0 Å². The Morgan fingerprint density at radius 2 is 2.03 bits per heavy atom. The molecule has 1 aromatic heterocycles. The summed E-state index contributed by atoms with van der Waals surface area (Å²) in [6.07, 6.45) is 2.87. The number of rotatable bonds is 5. The summed E-state index contributed by atoms with van der Waals surface area (Å²) in [7, 11) is 0. The molecule has 0 radical (unpaired) electrons. The summed E-state index contributed by atoms with van der Waals surface area (Å²) in [6, 6.07) is 14.1. The van der Waals surface area contributed by atoms with Gasteiger partial charge >= 0.3 is 6.03 Å². The first kappa shape index (κ1) is 20.8. The van der Waals surface area contributed by atoms with Gasteiger partial charge in [0.25, 0.3) is 0 Å². The maximum atomic E-state index is 12.8. The lowest BCUT2D eigenvalue weighted by Crippen LogP contribution is -2.40. The Bertz CT molecular complexity index is 991. The number of nitrogens with zero attached hydrogens (tertiary/aromatic N) is 2. The van der Waals surface area contributed by atoms with Crippen LogP contribution in [0.2, 0.25) is 0 Å². The highest BCUT2D eigenvalue weighted by molar-refractivity contribution is 7.99. The predicted octanol–water partition coefficient (Wildman–Crippen LogP) is 6.44. The summed E-state index contributed by atoms with van der Waals surface area (Å²) in [4.78, 5) is 20.6. The van der Waals surface area contributed by atoms with Crippen LogP contribution in [0.25, 0.3) is 11.1 Å². The Balaban J connectivity index is 1.34. The molecule has 0 aliphatic carbocycles. The molecule has 30 heavy (non-hydrogen) atoms. The van der Waals surface area contributed by atoms with Crippen molar-refractivity contribution in [2.75, 3.05) is 18.4 Å². The number of hydrogen-bond acceptors (Lipinski definition) is 4. The van der Waals surface area contributed by atoms with Gasteiger partial charge in [0, 0.05) is 34.8 Å². The Kier molecular flexibility index (Phi) is 6.32. The van der Waals surface area contributed by atoms with Crippen molar-refractivity contribution in [3.05, 3.63) is 53.9 Å². The molecule has 2 aromatic carbocycles. The van der Waals surface area contributed by atoms with E-state index in [1.165, 1.54) is 4.90 Å². The number of likely N-dealkylation sites (tertiary alicyclic amines) is 1. The number of nitrogens with one attached hydrogen (secondary N) is 1. The number of urea groups is 1. The molecule has 4 rings (SSSR count). The van der Waals surface area contributed by atoms with Crippen LogP contribution in [-0.4, -0.2) is 34.3 Å². The molecule has 6 heteroatoms. The smallest absolute Gasteiger partial charge is 0.321 e. The van der Waals surface area contributed by atoms with Crippen molar-refractivity contribution >= 4 is 34.6 Å². The molecule has 0 bridgehead atoms. The molecule has 1 atom stereocenters. The molecule has 3 aromatic rings. The Morgan fingerprint density at radius 3 is 2.73 bits per heavy atom. The zero-order valence-electron chi connectivity index (χ0n) is 17.9. The van der Waals surface area contributed by atoms with Crippen molar-refractivity contribution in [2.45, 2.75) is 56.1 Å². The average Bonchev–Trinajstić information content (AvgIpc) is 3.20. The van der Waals surface area contributed by atoms with Gasteiger partial charge in [-0.1, -0.05) is 26.0 Å². The lowest BCUT2D eigenvalue weighted by atomic mass is 9.97. The van der Waals surface area contributed by atoms with Gasteiger partial charge in [0.15, 0.2) is 11.5 Å². The highest BCUT2D eigenvalue weighted by Gasteiger charge is 2.27. The van der Waals surface area contributed by atoms with E-state index in [2.05, 4.69) is 43.2 Å². The summed E-state index contributed by atoms with van der Waals surface area (Å²) in [5.74, 6) is 1.06. The van der Waals surface area contributed by atoms with Crippen LogP contribution in [0.15, 0.2) is 51.8 Å². The predicted molar refractivity (Wildman–Crippen MR) is 123 cm³/mol. The number of thioether (sulfide) groups is 1. The van der Waals surface area contributed by atoms with Crippen LogP contribution in [0.5, 0.6) is 0 Å². The third-order valence-corrected chi connectivity index (χ3v) is 7.06. The molecule has 1 unspecified atom stereocenters. The minimum atomic E-state index is -0.0311. The van der Waals surface area contributed by atoms with Gasteiger partial charge in [-0.05, 0) is 62.1 Å². The fourth-order valence-corrected chi connectivity index (χ4v) is 4.78. The molecule has 0 spiro atoms. The van der Waals surface area contributed by atoms with Crippen LogP contribution in [0.1, 0.15) is 50.5 Å². The number of hydrogen-bond donors (Lipinski definition) is 1. The first-order valence-electron chi connectivity index (χ1n) is 10.7. The van der Waals surface area contributed by atoms with Crippen molar-refractivity contribution in [1.29, 1.82) is 0 Å². The number of amides is 2. The number of para-hydroxylation sites is 2. The zero-order valence-corrected chi connectivity index (χ0v) is 18.7. The quantitative estimate of drug-likeness (QED) is 0.480. The number of anilines is 1. The summed E-state index contributed by atoms with van der Waals surface area (Å²) in [6.45, 7) is 7.90. The lowest BCUT2D eigenvalue weighted by molar-refractivity contribution is 0.190. The van der Waals surface area contributed by atoms with E-state index >= 15 is 0 Å². The van der Waals surface area contributed by atoms with Gasteiger partial charge in [-0.25, -0.2) is 9.78 Å². The second kappa shape index (κ2) is 9.13. The van der Waals surface area contributed by atoms with Crippen molar-refractivity contribution in [3.8, 4) is 0 Å². The van der Waals surface area contributed by atoms with Gasteiger partial charge < -0.3 is 14.6 Å². The molecule has 0 saturated carbocycles. The van der Waals surface area contributed by atoms with Crippen LogP contribution >= 0.6 is 11.8 Å². The van der Waals surface area contributed by atoms with E-state index in [-0.39, 0.29) is 11.9 Å². The second-order valence-electron chi connectivity index (χ2n) is 8.02. The van der Waals surface area contributed by atoms with Crippen molar-refractivity contribution < 1.29 is 9.21 Å². The van der Waals surface area contributed by atoms with Gasteiger partial charge in [-0.2, -0.15) is 0 Å². The number of benzene rings is 2. The number of fused-ring (bicyclic) bond motifs is 1. The number of piperidine rings is 1. The van der Waals surface area contributed by atoms with Gasteiger partial charge in [-0.3, -0.25) is 0 Å². The lowest BCUT2D eigenvalue weighted by Gasteiger charge is -2.30. The first-order valence-corrected chi connectivity index (χ1v) is 11.6. The Hall–Kier alpha value is -2.47. The third kappa shape index (κ3) is 4.64. The summed E-state index contributed by atoms with van der Waals surface area (Å²) < 4.78 is 5.93. The summed E-state index contributed by atoms with van der Waals surface area (Å²) in [5, 5.41) is 3.68. The Morgan fingerprint density at radius 1 is 1.27 bits per heavy atom. The Labute approximate surface area is 182 Å². The molecule has 2 amide bonds. The third-order valence-electron chi connectivity index (χ3n) is 5.79.